The summed E-state index contributed by atoms with van der Waals surface area (Å²) in [6, 6.07) is 10.6. The van der Waals surface area contributed by atoms with Crippen molar-refractivity contribution in [1.29, 1.82) is 0 Å². The number of hydrogen-bond donors (Lipinski definition) is 3. The number of H-pyrrole nitrogens is 1. The molecule has 6 rings (SSSR count). The molecule has 234 valence electrons. The van der Waals surface area contributed by atoms with Gasteiger partial charge in [0, 0.05) is 58.6 Å². The maximum absolute atomic E-state index is 15.7. The number of fused-ring (bicyclic) bond motifs is 1. The number of halogens is 1. The summed E-state index contributed by atoms with van der Waals surface area (Å²) >= 11 is 0. The van der Waals surface area contributed by atoms with Gasteiger partial charge < -0.3 is 25.1 Å². The van der Waals surface area contributed by atoms with E-state index in [9.17, 15) is 19.2 Å². The van der Waals surface area contributed by atoms with Gasteiger partial charge in [0.25, 0.3) is 11.5 Å². The lowest BCUT2D eigenvalue weighted by Gasteiger charge is -2.35. The second kappa shape index (κ2) is 11.3. The van der Waals surface area contributed by atoms with E-state index in [1.54, 1.807) is 18.2 Å². The van der Waals surface area contributed by atoms with E-state index >= 15 is 4.39 Å². The van der Waals surface area contributed by atoms with Gasteiger partial charge in [0.05, 0.1) is 6.54 Å². The number of hydrogen-bond acceptors (Lipinski definition) is 4. The van der Waals surface area contributed by atoms with Gasteiger partial charge in [0.15, 0.2) is 0 Å². The van der Waals surface area contributed by atoms with Gasteiger partial charge in [0.2, 0.25) is 11.8 Å². The number of aryl methyl sites for hydroxylation is 3. The van der Waals surface area contributed by atoms with Crippen LogP contribution in [0.15, 0.2) is 47.4 Å². The molecule has 4 aromatic rings. The standard InChI is InChI=1S/C35H38FN5O4/c1-6-22(5)40-17-20(3)31-26(32(43)37-15-27-19(2)11-21(4)39-33(27)44)12-25(14-29(31)40)23-7-8-24(28(36)13-23)18-41-30(42)16-38-34(45)35(41)9-10-35/h7-8,11-14,17,22H,6,9-10,15-16,18H2,1-5H3,(H,37,43)(H,38,45)(H,39,44)/t22-/m0/s1. The highest BCUT2D eigenvalue weighted by atomic mass is 19.1. The minimum Gasteiger partial charge on any atom is -0.348 e. The minimum absolute atomic E-state index is 0.0126. The average Bonchev–Trinajstić information content (AvgIpc) is 3.73. The van der Waals surface area contributed by atoms with Crippen LogP contribution in [0.4, 0.5) is 4.39 Å². The van der Waals surface area contributed by atoms with Gasteiger partial charge in [0.1, 0.15) is 11.4 Å². The smallest absolute Gasteiger partial charge is 0.253 e. The molecule has 2 fully saturated rings. The molecule has 1 aliphatic heterocycles. The number of aromatic amines is 1. The number of rotatable bonds is 8. The third kappa shape index (κ3) is 5.32. The molecule has 0 unspecified atom stereocenters. The molecule has 2 aliphatic rings. The average molecular weight is 612 g/mol. The van der Waals surface area contributed by atoms with Gasteiger partial charge in [-0.1, -0.05) is 19.1 Å². The summed E-state index contributed by atoms with van der Waals surface area (Å²) in [6.45, 7) is 9.83. The number of pyridine rings is 1. The quantitative estimate of drug-likeness (QED) is 0.261. The van der Waals surface area contributed by atoms with Crippen LogP contribution in [0.1, 0.15) is 77.5 Å². The summed E-state index contributed by atoms with van der Waals surface area (Å²) in [5, 5.41) is 6.39. The predicted octanol–water partition coefficient (Wildman–Crippen LogP) is 4.95. The Morgan fingerprint density at radius 3 is 2.47 bits per heavy atom. The fourth-order valence-electron chi connectivity index (χ4n) is 6.52. The zero-order chi connectivity index (χ0) is 32.2. The lowest BCUT2D eigenvalue weighted by molar-refractivity contribution is -0.148. The molecular weight excluding hydrogens is 573 g/mol. The van der Waals surface area contributed by atoms with Crippen LogP contribution in [0.5, 0.6) is 0 Å². The number of nitrogens with one attached hydrogen (secondary N) is 3. The van der Waals surface area contributed by atoms with Crippen molar-refractivity contribution in [3.63, 3.8) is 0 Å². The highest BCUT2D eigenvalue weighted by molar-refractivity contribution is 6.09. The monoisotopic (exact) mass is 611 g/mol. The SMILES string of the molecule is CC[C@H](C)n1cc(C)c2c(C(=O)NCc3c(C)cc(C)[nH]c3=O)cc(-c3ccc(CN4C(=O)CNC(=O)C45CC5)c(F)c3)cc21. The molecular formula is C35H38FN5O4. The van der Waals surface area contributed by atoms with Gasteiger partial charge in [-0.15, -0.1) is 0 Å². The molecule has 1 spiro atoms. The zero-order valence-electron chi connectivity index (χ0n) is 26.3. The first-order valence-corrected chi connectivity index (χ1v) is 15.4. The zero-order valence-corrected chi connectivity index (χ0v) is 26.3. The number of nitrogens with zero attached hydrogens (tertiary/aromatic N) is 2. The summed E-state index contributed by atoms with van der Waals surface area (Å²) < 4.78 is 17.8. The van der Waals surface area contributed by atoms with Crippen LogP contribution in [0.3, 0.4) is 0 Å². The summed E-state index contributed by atoms with van der Waals surface area (Å²) in [6.07, 6.45) is 4.06. The Kier molecular flexibility index (Phi) is 7.62. The van der Waals surface area contributed by atoms with E-state index < -0.39 is 11.4 Å². The van der Waals surface area contributed by atoms with Gasteiger partial charge in [-0.2, -0.15) is 0 Å². The molecule has 10 heteroatoms. The first-order valence-electron chi connectivity index (χ1n) is 15.4. The van der Waals surface area contributed by atoms with Crippen molar-refractivity contribution in [2.24, 2.45) is 0 Å². The Labute approximate surface area is 260 Å². The second-order valence-electron chi connectivity index (χ2n) is 12.5. The number of carbonyl (C=O) groups is 3. The molecule has 2 aromatic carbocycles. The molecule has 1 saturated carbocycles. The predicted molar refractivity (Wildman–Crippen MR) is 170 cm³/mol. The van der Waals surface area contributed by atoms with Crippen molar-refractivity contribution in [3.05, 3.63) is 92.3 Å². The summed E-state index contributed by atoms with van der Waals surface area (Å²) in [7, 11) is 0. The molecule has 3 heterocycles. The van der Waals surface area contributed by atoms with Gasteiger partial charge in [-0.3, -0.25) is 19.2 Å². The highest BCUT2D eigenvalue weighted by Gasteiger charge is 2.58. The molecule has 3 N–H and O–H groups in total. The number of carbonyl (C=O) groups excluding carboxylic acids is 3. The molecule has 3 amide bonds. The maximum atomic E-state index is 15.7. The van der Waals surface area contributed by atoms with E-state index in [2.05, 4.69) is 34.0 Å². The second-order valence-corrected chi connectivity index (χ2v) is 12.5. The first-order chi connectivity index (χ1) is 21.4. The molecule has 45 heavy (non-hydrogen) atoms. The largest absolute Gasteiger partial charge is 0.348 e. The Morgan fingerprint density at radius 1 is 1.04 bits per heavy atom. The van der Waals surface area contributed by atoms with Crippen LogP contribution in [-0.2, 0) is 22.7 Å². The van der Waals surface area contributed by atoms with Crippen LogP contribution in [0.2, 0.25) is 0 Å². The van der Waals surface area contributed by atoms with Gasteiger partial charge in [-0.05, 0) is 93.5 Å². The van der Waals surface area contributed by atoms with E-state index in [4.69, 9.17) is 0 Å². The van der Waals surface area contributed by atoms with E-state index in [1.807, 2.05) is 39.1 Å². The number of aromatic nitrogens is 2. The van der Waals surface area contributed by atoms with Gasteiger partial charge in [-0.25, -0.2) is 4.39 Å². The highest BCUT2D eigenvalue weighted by Crippen LogP contribution is 2.44. The number of amides is 3. The molecule has 1 aliphatic carbocycles. The molecule has 0 radical (unpaired) electrons. The third-order valence-corrected chi connectivity index (χ3v) is 9.43. The van der Waals surface area contributed by atoms with E-state index in [1.165, 1.54) is 11.0 Å². The van der Waals surface area contributed by atoms with Crippen LogP contribution in [0, 0.1) is 26.6 Å². The number of benzene rings is 2. The Balaban J connectivity index is 1.37. The molecule has 1 atom stereocenters. The van der Waals surface area contributed by atoms with Crippen LogP contribution < -0.4 is 16.2 Å². The van der Waals surface area contributed by atoms with Crippen molar-refractivity contribution in [1.82, 2.24) is 25.1 Å². The normalized spacial score (nSPS) is 16.3. The summed E-state index contributed by atoms with van der Waals surface area (Å²) in [5.74, 6) is -1.23. The van der Waals surface area contributed by atoms with Crippen molar-refractivity contribution in [2.45, 2.75) is 78.6 Å². The molecule has 1 saturated heterocycles. The summed E-state index contributed by atoms with van der Waals surface area (Å²) in [5.41, 5.74) is 4.75. The van der Waals surface area contributed by atoms with Crippen molar-refractivity contribution >= 4 is 28.6 Å². The Hall–Kier alpha value is -4.73. The van der Waals surface area contributed by atoms with Crippen molar-refractivity contribution in [2.75, 3.05) is 6.54 Å². The number of piperazine rings is 1. The van der Waals surface area contributed by atoms with E-state index in [0.717, 1.165) is 34.1 Å². The fourth-order valence-corrected chi connectivity index (χ4v) is 6.52. The minimum atomic E-state index is -0.866. The van der Waals surface area contributed by atoms with E-state index in [0.29, 0.717) is 40.7 Å². The van der Waals surface area contributed by atoms with Crippen LogP contribution in [0.25, 0.3) is 22.0 Å². The van der Waals surface area contributed by atoms with Crippen molar-refractivity contribution in [3.8, 4) is 11.1 Å². The van der Waals surface area contributed by atoms with E-state index in [-0.39, 0.29) is 49.0 Å². The topological polar surface area (TPSA) is 116 Å². The fraction of sp³-hybridized carbons (Fsp3) is 0.371. The lowest BCUT2D eigenvalue weighted by Crippen LogP contribution is -2.59. The third-order valence-electron chi connectivity index (χ3n) is 9.43. The Morgan fingerprint density at radius 2 is 1.80 bits per heavy atom. The lowest BCUT2D eigenvalue weighted by atomic mass is 9.96. The summed E-state index contributed by atoms with van der Waals surface area (Å²) in [4.78, 5) is 55.8. The van der Waals surface area contributed by atoms with Crippen LogP contribution >= 0.6 is 0 Å². The molecule has 2 aromatic heterocycles. The maximum Gasteiger partial charge on any atom is 0.253 e. The first kappa shape index (κ1) is 30.3. The molecule has 9 nitrogen and oxygen atoms in total. The van der Waals surface area contributed by atoms with Crippen LogP contribution in [-0.4, -0.2) is 44.3 Å². The van der Waals surface area contributed by atoms with Gasteiger partial charge >= 0.3 is 0 Å². The molecule has 0 bridgehead atoms. The Bertz CT molecular complexity index is 1940. The van der Waals surface area contributed by atoms with Crippen molar-refractivity contribution < 1.29 is 18.8 Å².